The van der Waals surface area contributed by atoms with Gasteiger partial charge in [-0.15, -0.1) is 0 Å². The summed E-state index contributed by atoms with van der Waals surface area (Å²) < 4.78 is 0. The molecule has 0 aliphatic rings. The van der Waals surface area contributed by atoms with Crippen molar-refractivity contribution in [3.05, 3.63) is 42.7 Å². The molecule has 0 amide bonds. The van der Waals surface area contributed by atoms with Gasteiger partial charge in [-0.1, -0.05) is 32.0 Å². The van der Waals surface area contributed by atoms with Gasteiger partial charge in [0.05, 0.1) is 0 Å². The summed E-state index contributed by atoms with van der Waals surface area (Å²) in [7, 11) is 2.01. The van der Waals surface area contributed by atoms with E-state index in [4.69, 9.17) is 0 Å². The Hall–Kier alpha value is -2.10. The first kappa shape index (κ1) is 14.3. The molecule has 0 radical (unpaired) electrons. The average molecular weight is 270 g/mol. The highest BCUT2D eigenvalue weighted by Gasteiger charge is 2.06. The molecule has 0 unspecified atom stereocenters. The van der Waals surface area contributed by atoms with Crippen LogP contribution < -0.4 is 10.2 Å². The van der Waals surface area contributed by atoms with Crippen LogP contribution in [0.5, 0.6) is 0 Å². The van der Waals surface area contributed by atoms with Crippen LogP contribution >= 0.6 is 0 Å². The van der Waals surface area contributed by atoms with E-state index in [1.54, 1.807) is 6.33 Å². The summed E-state index contributed by atoms with van der Waals surface area (Å²) in [4.78, 5) is 10.6. The molecule has 0 aliphatic carbocycles. The van der Waals surface area contributed by atoms with Crippen molar-refractivity contribution < 1.29 is 0 Å². The van der Waals surface area contributed by atoms with Crippen molar-refractivity contribution in [2.45, 2.75) is 20.3 Å². The van der Waals surface area contributed by atoms with Crippen LogP contribution in [0.25, 0.3) is 0 Å². The zero-order valence-corrected chi connectivity index (χ0v) is 12.4. The number of rotatable bonds is 6. The van der Waals surface area contributed by atoms with Gasteiger partial charge in [-0.25, -0.2) is 9.97 Å². The Morgan fingerprint density at radius 1 is 1.15 bits per heavy atom. The topological polar surface area (TPSA) is 41.0 Å². The van der Waals surface area contributed by atoms with Gasteiger partial charge in [-0.3, -0.25) is 0 Å². The van der Waals surface area contributed by atoms with Gasteiger partial charge in [0.1, 0.15) is 18.0 Å². The molecule has 0 atom stereocenters. The lowest BCUT2D eigenvalue weighted by atomic mass is 10.1. The molecule has 1 heterocycles. The van der Waals surface area contributed by atoms with Crippen molar-refractivity contribution in [1.29, 1.82) is 0 Å². The van der Waals surface area contributed by atoms with Crippen molar-refractivity contribution in [3.63, 3.8) is 0 Å². The Kier molecular flexibility index (Phi) is 4.93. The molecule has 0 fully saturated rings. The molecule has 4 heteroatoms. The van der Waals surface area contributed by atoms with Crippen LogP contribution in [0.15, 0.2) is 42.7 Å². The van der Waals surface area contributed by atoms with Crippen LogP contribution in [0.3, 0.4) is 0 Å². The van der Waals surface area contributed by atoms with E-state index in [1.807, 2.05) is 31.3 Å². The lowest BCUT2D eigenvalue weighted by Crippen LogP contribution is -2.12. The van der Waals surface area contributed by atoms with Crippen LogP contribution in [-0.4, -0.2) is 23.6 Å². The van der Waals surface area contributed by atoms with Crippen LogP contribution in [-0.2, 0) is 0 Å². The molecule has 2 rings (SSSR count). The number of nitrogens with zero attached hydrogens (tertiary/aromatic N) is 3. The first-order valence-corrected chi connectivity index (χ1v) is 7.01. The second kappa shape index (κ2) is 6.89. The second-order valence-corrected chi connectivity index (χ2v) is 5.27. The molecule has 106 valence electrons. The van der Waals surface area contributed by atoms with Crippen molar-refractivity contribution in [2.75, 3.05) is 23.8 Å². The van der Waals surface area contributed by atoms with E-state index in [2.05, 4.69) is 46.2 Å². The fourth-order valence-electron chi connectivity index (χ4n) is 1.90. The minimum atomic E-state index is 0.691. The number of benzene rings is 1. The number of nitrogens with one attached hydrogen (secondary N) is 1. The summed E-state index contributed by atoms with van der Waals surface area (Å²) in [6.07, 6.45) is 2.74. The smallest absolute Gasteiger partial charge is 0.138 e. The van der Waals surface area contributed by atoms with E-state index < -0.39 is 0 Å². The van der Waals surface area contributed by atoms with Crippen LogP contribution in [0.1, 0.15) is 20.3 Å². The fourth-order valence-corrected chi connectivity index (χ4v) is 1.90. The lowest BCUT2D eigenvalue weighted by Gasteiger charge is -2.18. The van der Waals surface area contributed by atoms with Gasteiger partial charge in [-0.2, -0.15) is 0 Å². The summed E-state index contributed by atoms with van der Waals surface area (Å²) in [5.41, 5.74) is 1.11. The number of hydrogen-bond donors (Lipinski definition) is 1. The van der Waals surface area contributed by atoms with Gasteiger partial charge in [0.25, 0.3) is 0 Å². The Morgan fingerprint density at radius 3 is 2.60 bits per heavy atom. The third-order valence-corrected chi connectivity index (χ3v) is 3.17. The normalized spacial score (nSPS) is 10.6. The maximum atomic E-state index is 4.33. The van der Waals surface area contributed by atoms with Crippen molar-refractivity contribution in [3.8, 4) is 0 Å². The van der Waals surface area contributed by atoms with Crippen LogP contribution in [0.2, 0.25) is 0 Å². The summed E-state index contributed by atoms with van der Waals surface area (Å²) in [5.74, 6) is 2.45. The highest BCUT2D eigenvalue weighted by atomic mass is 15.2. The van der Waals surface area contributed by atoms with Gasteiger partial charge in [0.2, 0.25) is 0 Å². The first-order valence-electron chi connectivity index (χ1n) is 7.01. The molecule has 0 bridgehead atoms. The van der Waals surface area contributed by atoms with Gasteiger partial charge in [0, 0.05) is 25.3 Å². The molecular formula is C16H22N4. The van der Waals surface area contributed by atoms with E-state index in [9.17, 15) is 0 Å². The fraction of sp³-hybridized carbons (Fsp3) is 0.375. The van der Waals surface area contributed by atoms with Gasteiger partial charge >= 0.3 is 0 Å². The van der Waals surface area contributed by atoms with Crippen molar-refractivity contribution in [1.82, 2.24) is 9.97 Å². The molecule has 1 N–H and O–H groups in total. The molecule has 4 nitrogen and oxygen atoms in total. The summed E-state index contributed by atoms with van der Waals surface area (Å²) in [6, 6.07) is 12.2. The zero-order valence-electron chi connectivity index (χ0n) is 12.4. The minimum Gasteiger partial charge on any atom is -0.370 e. The van der Waals surface area contributed by atoms with Crippen LogP contribution in [0.4, 0.5) is 17.3 Å². The second-order valence-electron chi connectivity index (χ2n) is 5.27. The number of aromatic nitrogens is 2. The molecule has 20 heavy (non-hydrogen) atoms. The van der Waals surface area contributed by atoms with Gasteiger partial charge in [0.15, 0.2) is 0 Å². The first-order chi connectivity index (χ1) is 9.66. The quantitative estimate of drug-likeness (QED) is 0.869. The highest BCUT2D eigenvalue weighted by Crippen LogP contribution is 2.22. The third-order valence-electron chi connectivity index (χ3n) is 3.17. The molecular weight excluding hydrogens is 248 g/mol. The summed E-state index contributed by atoms with van der Waals surface area (Å²) >= 11 is 0. The maximum Gasteiger partial charge on any atom is 0.138 e. The Morgan fingerprint density at radius 2 is 1.90 bits per heavy atom. The molecule has 0 saturated carbocycles. The van der Waals surface area contributed by atoms with E-state index in [1.165, 1.54) is 0 Å². The largest absolute Gasteiger partial charge is 0.370 e. The Labute approximate surface area is 120 Å². The monoisotopic (exact) mass is 270 g/mol. The predicted octanol–water partition coefficient (Wildman–Crippen LogP) is 3.70. The summed E-state index contributed by atoms with van der Waals surface area (Å²) in [6.45, 7) is 5.37. The molecule has 2 aromatic rings. The van der Waals surface area contributed by atoms with Crippen LogP contribution in [0, 0.1) is 5.92 Å². The highest BCUT2D eigenvalue weighted by molar-refractivity contribution is 5.61. The SMILES string of the molecule is CC(C)CCNc1cc(N(C)c2ccccc2)ncn1. The minimum absolute atomic E-state index is 0.691. The molecule has 0 spiro atoms. The number of hydrogen-bond acceptors (Lipinski definition) is 4. The molecule has 1 aromatic heterocycles. The lowest BCUT2D eigenvalue weighted by molar-refractivity contribution is 0.606. The predicted molar refractivity (Wildman–Crippen MR) is 84.5 cm³/mol. The average Bonchev–Trinajstić information content (AvgIpc) is 2.47. The number of para-hydroxylation sites is 1. The number of anilines is 3. The van der Waals surface area contributed by atoms with E-state index in [0.29, 0.717) is 5.92 Å². The van der Waals surface area contributed by atoms with Gasteiger partial charge in [-0.05, 0) is 24.5 Å². The van der Waals surface area contributed by atoms with Crippen molar-refractivity contribution >= 4 is 17.3 Å². The van der Waals surface area contributed by atoms with E-state index >= 15 is 0 Å². The Bertz CT molecular complexity index is 525. The van der Waals surface area contributed by atoms with E-state index in [0.717, 1.165) is 30.3 Å². The molecule has 0 saturated heterocycles. The van der Waals surface area contributed by atoms with Gasteiger partial charge < -0.3 is 10.2 Å². The molecule has 0 aliphatic heterocycles. The maximum absolute atomic E-state index is 4.33. The Balaban J connectivity index is 2.05. The summed E-state index contributed by atoms with van der Waals surface area (Å²) in [5, 5.41) is 3.34. The molecule has 1 aromatic carbocycles. The standard InChI is InChI=1S/C16H22N4/c1-13(2)9-10-17-15-11-16(19-12-18-15)20(3)14-7-5-4-6-8-14/h4-8,11-13H,9-10H2,1-3H3,(H,17,18,19). The van der Waals surface area contributed by atoms with E-state index in [-0.39, 0.29) is 0 Å². The zero-order chi connectivity index (χ0) is 14.4. The van der Waals surface area contributed by atoms with Crippen molar-refractivity contribution in [2.24, 2.45) is 5.92 Å². The third kappa shape index (κ3) is 3.95.